The first kappa shape index (κ1) is 28.4. The Labute approximate surface area is 233 Å². The van der Waals surface area contributed by atoms with Crippen molar-refractivity contribution < 1.29 is 31.4 Å². The third-order valence-corrected chi connectivity index (χ3v) is 8.02. The third kappa shape index (κ3) is 6.42. The zero-order valence-electron chi connectivity index (χ0n) is 20.7. The van der Waals surface area contributed by atoms with Crippen molar-refractivity contribution in [3.63, 3.8) is 0 Å². The first-order valence-corrected chi connectivity index (χ1v) is 13.4. The molecule has 2 aliphatic heterocycles. The fourth-order valence-corrected chi connectivity index (χ4v) is 6.02. The van der Waals surface area contributed by atoms with Crippen molar-refractivity contribution in [2.75, 3.05) is 37.6 Å². The van der Waals surface area contributed by atoms with E-state index >= 15 is 0 Å². The van der Waals surface area contributed by atoms with Crippen LogP contribution in [0.4, 0.5) is 31.5 Å². The Morgan fingerprint density at radius 3 is 2.55 bits per heavy atom. The zero-order chi connectivity index (χ0) is 28.7. The molecule has 3 aromatic rings. The molecule has 0 aliphatic carbocycles. The van der Waals surface area contributed by atoms with Gasteiger partial charge in [-0.1, -0.05) is 35.1 Å². The van der Waals surface area contributed by atoms with Gasteiger partial charge in [0.15, 0.2) is 5.13 Å². The van der Waals surface area contributed by atoms with E-state index in [1.54, 1.807) is 23.1 Å². The van der Waals surface area contributed by atoms with Crippen LogP contribution in [0, 0.1) is 0 Å². The summed E-state index contributed by atoms with van der Waals surface area (Å²) in [6.45, 7) is 0.0747. The van der Waals surface area contributed by atoms with Crippen molar-refractivity contribution in [2.45, 2.75) is 25.2 Å². The summed E-state index contributed by atoms with van der Waals surface area (Å²) < 4.78 is 80.5. The Morgan fingerprint density at radius 2 is 1.80 bits per heavy atom. The summed E-state index contributed by atoms with van der Waals surface area (Å²) in [4.78, 5) is 7.65. The van der Waals surface area contributed by atoms with E-state index in [1.807, 2.05) is 0 Å². The van der Waals surface area contributed by atoms with E-state index in [0.717, 1.165) is 17.4 Å². The molecule has 0 radical (unpaired) electrons. The number of aromatic hydroxyl groups is 1. The highest BCUT2D eigenvalue weighted by Crippen LogP contribution is 2.40. The van der Waals surface area contributed by atoms with Gasteiger partial charge in [0.25, 0.3) is 0 Å². The van der Waals surface area contributed by atoms with Gasteiger partial charge in [0.2, 0.25) is 5.88 Å². The molecule has 0 unspecified atom stereocenters. The summed E-state index contributed by atoms with van der Waals surface area (Å²) >= 11 is 6.96. The molecule has 2 aliphatic rings. The van der Waals surface area contributed by atoms with Crippen LogP contribution in [0.1, 0.15) is 28.0 Å². The lowest BCUT2D eigenvalue weighted by Gasteiger charge is -2.22. The van der Waals surface area contributed by atoms with Crippen molar-refractivity contribution in [1.29, 1.82) is 0 Å². The number of nitrogens with zero attached hydrogens (tertiary/aromatic N) is 5. The van der Waals surface area contributed by atoms with E-state index in [4.69, 9.17) is 11.6 Å². The number of rotatable bonds is 5. The lowest BCUT2D eigenvalue weighted by molar-refractivity contribution is -0.145. The SMILES string of the molecule is Oc1nc(N2CCCN(CC(F)(F)F)CC2)sc1C(Cc1ccc(Cl)cc1C(F)(F)F)=c1ccc2c(c1)C=NN=2. The van der Waals surface area contributed by atoms with Crippen LogP contribution in [-0.2, 0) is 12.6 Å². The first-order valence-electron chi connectivity index (χ1n) is 12.2. The van der Waals surface area contributed by atoms with E-state index in [2.05, 4.69) is 15.2 Å². The second kappa shape index (κ2) is 11.0. The Morgan fingerprint density at radius 1 is 1.00 bits per heavy atom. The van der Waals surface area contributed by atoms with E-state index in [1.165, 1.54) is 23.2 Å². The summed E-state index contributed by atoms with van der Waals surface area (Å²) in [5.74, 6) is -0.368. The molecule has 1 fully saturated rings. The minimum absolute atomic E-state index is 0.0438. The molecular weight excluding hydrogens is 580 g/mol. The highest BCUT2D eigenvalue weighted by Gasteiger charge is 2.35. The van der Waals surface area contributed by atoms with Crippen LogP contribution in [-0.4, -0.2) is 60.1 Å². The Kier molecular flexibility index (Phi) is 7.81. The fraction of sp³-hybridized carbons (Fsp3) is 0.346. The largest absolute Gasteiger partial charge is 0.492 e. The Hall–Kier alpha value is -3.16. The number of aromatic nitrogens is 1. The van der Waals surface area contributed by atoms with Crippen LogP contribution in [0.25, 0.3) is 5.57 Å². The second-order valence-corrected chi connectivity index (χ2v) is 10.9. The van der Waals surface area contributed by atoms with Crippen LogP contribution in [0.2, 0.25) is 5.02 Å². The van der Waals surface area contributed by atoms with Crippen molar-refractivity contribution in [1.82, 2.24) is 9.88 Å². The predicted molar refractivity (Wildman–Crippen MR) is 141 cm³/mol. The molecule has 1 aromatic heterocycles. The minimum atomic E-state index is -4.66. The van der Waals surface area contributed by atoms with Gasteiger partial charge in [-0.15, -0.1) is 0 Å². The fourth-order valence-electron chi connectivity index (χ4n) is 4.77. The maximum atomic E-state index is 13.9. The van der Waals surface area contributed by atoms with Crippen LogP contribution in [0.15, 0.2) is 46.6 Å². The van der Waals surface area contributed by atoms with Gasteiger partial charge in [0.05, 0.1) is 28.6 Å². The Balaban J connectivity index is 1.55. The lowest BCUT2D eigenvalue weighted by atomic mass is 9.96. The Bertz CT molecular complexity index is 1570. The van der Waals surface area contributed by atoms with Gasteiger partial charge in [-0.25, -0.2) is 0 Å². The summed E-state index contributed by atoms with van der Waals surface area (Å²) in [5, 5.41) is 20.2. The molecule has 6 nitrogen and oxygen atoms in total. The second-order valence-electron chi connectivity index (χ2n) is 9.45. The maximum Gasteiger partial charge on any atom is 0.416 e. The molecule has 40 heavy (non-hydrogen) atoms. The standard InChI is InChI=1S/C26H22ClF6N5OS/c27-18-4-2-16(20(12-18)26(31,32)33)11-19(15-3-5-21-17(10-15)13-34-36-21)22-23(39)35-24(40-22)38-7-1-6-37(8-9-38)14-25(28,29)30/h2-5,10,12-13,39H,1,6-9,11,14H2. The molecule has 0 atom stereocenters. The molecule has 14 heteroatoms. The number of alkyl halides is 6. The van der Waals surface area contributed by atoms with Gasteiger partial charge < -0.3 is 10.0 Å². The number of fused-ring (bicyclic) bond motifs is 1. The molecule has 2 aromatic carbocycles. The number of hydrogen-bond acceptors (Lipinski definition) is 7. The van der Waals surface area contributed by atoms with Crippen LogP contribution < -0.4 is 15.5 Å². The number of halogens is 7. The normalized spacial score (nSPS) is 17.0. The smallest absolute Gasteiger partial charge is 0.416 e. The average Bonchev–Trinajstić information content (AvgIpc) is 3.42. The van der Waals surface area contributed by atoms with Crippen LogP contribution >= 0.6 is 22.9 Å². The zero-order valence-corrected chi connectivity index (χ0v) is 22.3. The summed E-state index contributed by atoms with van der Waals surface area (Å²) in [7, 11) is 0. The molecular formula is C26H22ClF6N5OS. The summed E-state index contributed by atoms with van der Waals surface area (Å²) in [5.41, 5.74) is 0.128. The molecule has 212 valence electrons. The monoisotopic (exact) mass is 601 g/mol. The van der Waals surface area contributed by atoms with Crippen molar-refractivity contribution in [3.05, 3.63) is 73.6 Å². The maximum absolute atomic E-state index is 13.9. The molecule has 0 saturated carbocycles. The van der Waals surface area contributed by atoms with E-state index in [9.17, 15) is 31.4 Å². The lowest BCUT2D eigenvalue weighted by Crippen LogP contribution is -2.37. The van der Waals surface area contributed by atoms with Gasteiger partial charge in [-0.3, -0.25) is 4.90 Å². The van der Waals surface area contributed by atoms with E-state index in [0.29, 0.717) is 39.8 Å². The van der Waals surface area contributed by atoms with E-state index < -0.39 is 24.5 Å². The minimum Gasteiger partial charge on any atom is -0.492 e. The average molecular weight is 602 g/mol. The third-order valence-electron chi connectivity index (χ3n) is 6.62. The number of thiazole rings is 1. The summed E-state index contributed by atoms with van der Waals surface area (Å²) in [6.07, 6.45) is -7.19. The van der Waals surface area contributed by atoms with Gasteiger partial charge in [-0.2, -0.15) is 41.5 Å². The number of benzene rings is 2. The topological polar surface area (TPSA) is 64.3 Å². The first-order chi connectivity index (χ1) is 18.9. The number of hydrogen-bond donors (Lipinski definition) is 1. The number of anilines is 1. The van der Waals surface area contributed by atoms with Crippen molar-refractivity contribution >= 4 is 39.9 Å². The molecule has 0 amide bonds. The summed E-state index contributed by atoms with van der Waals surface area (Å²) in [6, 6.07) is 8.65. The van der Waals surface area contributed by atoms with Crippen LogP contribution in [0.5, 0.6) is 5.88 Å². The highest BCUT2D eigenvalue weighted by molar-refractivity contribution is 7.17. The molecule has 1 saturated heterocycles. The van der Waals surface area contributed by atoms with Gasteiger partial charge >= 0.3 is 12.4 Å². The molecule has 1 N–H and O–H groups in total. The van der Waals surface area contributed by atoms with Crippen molar-refractivity contribution in [2.24, 2.45) is 10.2 Å². The van der Waals surface area contributed by atoms with Crippen molar-refractivity contribution in [3.8, 4) is 5.88 Å². The molecule has 0 bridgehead atoms. The van der Waals surface area contributed by atoms with Gasteiger partial charge in [0, 0.05) is 43.2 Å². The highest BCUT2D eigenvalue weighted by atomic mass is 35.5. The molecule has 5 rings (SSSR count). The molecule has 0 spiro atoms. The quantitative estimate of drug-likeness (QED) is 0.418. The van der Waals surface area contributed by atoms with Gasteiger partial charge in [0.1, 0.15) is 0 Å². The van der Waals surface area contributed by atoms with E-state index in [-0.39, 0.29) is 47.4 Å². The van der Waals surface area contributed by atoms with Crippen LogP contribution in [0.3, 0.4) is 0 Å². The predicted octanol–water partition coefficient (Wildman–Crippen LogP) is 5.00. The molecule has 3 heterocycles. The van der Waals surface area contributed by atoms with Gasteiger partial charge in [-0.05, 0) is 47.0 Å².